The first-order valence-corrected chi connectivity index (χ1v) is 18.5. The lowest BCUT2D eigenvalue weighted by Crippen LogP contribution is -2.11. The van der Waals surface area contributed by atoms with Crippen LogP contribution in [0.4, 0.5) is 0 Å². The summed E-state index contributed by atoms with van der Waals surface area (Å²) in [7, 11) is -4.25. The van der Waals surface area contributed by atoms with Gasteiger partial charge in [0.2, 0.25) is 9.84 Å². The van der Waals surface area contributed by atoms with E-state index >= 15 is 8.42 Å². The van der Waals surface area contributed by atoms with E-state index < -0.39 is 9.84 Å². The maximum absolute atomic E-state index is 16.1. The summed E-state index contributed by atoms with van der Waals surface area (Å²) in [6.45, 7) is 0. The van der Waals surface area contributed by atoms with Crippen molar-refractivity contribution < 1.29 is 8.42 Å². The molecule has 244 valence electrons. The Morgan fingerprint density at radius 1 is 0.235 bits per heavy atom. The monoisotopic (exact) mass is 674 g/mol. The Labute approximate surface area is 299 Å². The smallest absolute Gasteiger partial charge is 0.209 e. The molecule has 8 rings (SSSR count). The third kappa shape index (κ3) is 6.32. The summed E-state index contributed by atoms with van der Waals surface area (Å²) >= 11 is 0. The summed E-state index contributed by atoms with van der Waals surface area (Å²) in [5.74, 6) is 0. The van der Waals surface area contributed by atoms with Gasteiger partial charge < -0.3 is 0 Å². The zero-order valence-corrected chi connectivity index (χ0v) is 28.7. The highest BCUT2D eigenvalue weighted by molar-refractivity contribution is 7.92. The van der Waals surface area contributed by atoms with Crippen molar-refractivity contribution in [1.29, 1.82) is 0 Å². The highest BCUT2D eigenvalue weighted by Gasteiger charge is 2.33. The van der Waals surface area contributed by atoms with E-state index in [0.29, 0.717) is 22.3 Å². The predicted octanol–water partition coefficient (Wildman–Crippen LogP) is 12.5. The molecule has 51 heavy (non-hydrogen) atoms. The largest absolute Gasteiger partial charge is 0.218 e. The summed E-state index contributed by atoms with van der Waals surface area (Å²) in [4.78, 5) is 0.558. The van der Waals surface area contributed by atoms with Gasteiger partial charge in [-0.3, -0.25) is 0 Å². The van der Waals surface area contributed by atoms with E-state index in [1.807, 2.05) is 182 Å². The lowest BCUT2D eigenvalue weighted by atomic mass is 9.93. The lowest BCUT2D eigenvalue weighted by molar-refractivity contribution is 0.597. The van der Waals surface area contributed by atoms with Crippen LogP contribution in [-0.2, 0) is 9.84 Å². The molecule has 0 N–H and O–H groups in total. The maximum Gasteiger partial charge on any atom is 0.209 e. The molecule has 0 bridgehead atoms. The van der Waals surface area contributed by atoms with Crippen LogP contribution >= 0.6 is 0 Å². The summed E-state index contributed by atoms with van der Waals surface area (Å²) in [6.07, 6.45) is 0. The van der Waals surface area contributed by atoms with Crippen LogP contribution in [0, 0.1) is 0 Å². The van der Waals surface area contributed by atoms with Crippen LogP contribution in [0.3, 0.4) is 0 Å². The number of rotatable bonds is 8. The molecule has 0 heterocycles. The van der Waals surface area contributed by atoms with Crippen molar-refractivity contribution in [2.75, 3.05) is 0 Å². The van der Waals surface area contributed by atoms with E-state index in [1.54, 1.807) is 0 Å². The lowest BCUT2D eigenvalue weighted by Gasteiger charge is -2.23. The number of benzene rings is 8. The molecule has 8 aromatic rings. The second-order valence-corrected chi connectivity index (χ2v) is 14.3. The molecule has 0 aliphatic carbocycles. The molecule has 0 aliphatic rings. The third-order valence-corrected chi connectivity index (χ3v) is 11.2. The summed E-state index contributed by atoms with van der Waals surface area (Å²) < 4.78 is 32.2. The minimum absolute atomic E-state index is 0.279. The molecule has 0 spiro atoms. The Morgan fingerprint density at radius 2 is 0.431 bits per heavy atom. The SMILES string of the molecule is O=S(=O)(c1c(-c2ccccc2)cc(-c2ccccc2)cc1-c1ccccc1)c1c(-c2ccccc2)cc(-c2ccccc2)cc1-c1ccccc1. The van der Waals surface area contributed by atoms with Crippen LogP contribution in [0.15, 0.2) is 216 Å². The number of hydrogen-bond donors (Lipinski definition) is 0. The van der Waals surface area contributed by atoms with E-state index in [9.17, 15) is 0 Å². The quantitative estimate of drug-likeness (QED) is 0.161. The minimum atomic E-state index is -4.25. The van der Waals surface area contributed by atoms with Gasteiger partial charge in [0.15, 0.2) is 0 Å². The molecule has 0 aliphatic heterocycles. The first-order chi connectivity index (χ1) is 25.1. The average molecular weight is 675 g/mol. The fourth-order valence-electron chi connectivity index (χ4n) is 6.86. The van der Waals surface area contributed by atoms with Gasteiger partial charge in [-0.1, -0.05) is 182 Å². The van der Waals surface area contributed by atoms with E-state index in [2.05, 4.69) is 24.3 Å². The van der Waals surface area contributed by atoms with Gasteiger partial charge in [-0.05, 0) is 68.8 Å². The first-order valence-electron chi connectivity index (χ1n) is 17.0. The summed E-state index contributed by atoms with van der Waals surface area (Å²) in [5.41, 5.74) is 9.84. The van der Waals surface area contributed by atoms with E-state index in [0.717, 1.165) is 44.5 Å². The molecular formula is C48H34O2S. The van der Waals surface area contributed by atoms with Crippen molar-refractivity contribution in [1.82, 2.24) is 0 Å². The fraction of sp³-hybridized carbons (Fsp3) is 0. The molecule has 0 amide bonds. The molecule has 8 aromatic carbocycles. The van der Waals surface area contributed by atoms with E-state index in [-0.39, 0.29) is 9.79 Å². The number of sulfone groups is 1. The zero-order chi connectivity index (χ0) is 34.6. The van der Waals surface area contributed by atoms with Gasteiger partial charge in [0, 0.05) is 22.3 Å². The van der Waals surface area contributed by atoms with Crippen LogP contribution in [0.5, 0.6) is 0 Å². The van der Waals surface area contributed by atoms with Crippen molar-refractivity contribution in [3.8, 4) is 66.8 Å². The van der Waals surface area contributed by atoms with Gasteiger partial charge in [-0.15, -0.1) is 0 Å². The standard InChI is InChI=1S/C48H34O2S/c49-51(50,47-43(37-23-11-3-12-24-37)31-41(35-19-7-1-8-20-35)32-44(47)38-25-13-4-14-26-38)48-45(39-27-15-5-16-28-39)33-42(36-21-9-2-10-22-36)34-46(48)40-29-17-6-18-30-40/h1-34H. The molecule has 3 heteroatoms. The second kappa shape index (κ2) is 13.9. The molecule has 0 aromatic heterocycles. The van der Waals surface area contributed by atoms with Crippen LogP contribution < -0.4 is 0 Å². The van der Waals surface area contributed by atoms with Crippen molar-refractivity contribution in [2.45, 2.75) is 9.79 Å². The Kier molecular flexibility index (Phi) is 8.71. The molecular weight excluding hydrogens is 641 g/mol. The Bertz CT molecular complexity index is 2240. The molecule has 2 nitrogen and oxygen atoms in total. The Balaban J connectivity index is 1.53. The van der Waals surface area contributed by atoms with E-state index in [1.165, 1.54) is 0 Å². The molecule has 0 saturated carbocycles. The van der Waals surface area contributed by atoms with Gasteiger partial charge in [-0.25, -0.2) is 8.42 Å². The van der Waals surface area contributed by atoms with Crippen LogP contribution in [0.1, 0.15) is 0 Å². The molecule has 0 fully saturated rings. The van der Waals surface area contributed by atoms with Gasteiger partial charge in [0.25, 0.3) is 0 Å². The van der Waals surface area contributed by atoms with Crippen molar-refractivity contribution >= 4 is 9.84 Å². The molecule has 0 unspecified atom stereocenters. The molecule has 0 saturated heterocycles. The second-order valence-electron chi connectivity index (χ2n) is 12.5. The van der Waals surface area contributed by atoms with Crippen LogP contribution in [-0.4, -0.2) is 8.42 Å². The van der Waals surface area contributed by atoms with Gasteiger partial charge in [-0.2, -0.15) is 0 Å². The number of hydrogen-bond acceptors (Lipinski definition) is 2. The first kappa shape index (κ1) is 31.9. The highest BCUT2D eigenvalue weighted by Crippen LogP contribution is 2.48. The van der Waals surface area contributed by atoms with Crippen molar-refractivity contribution in [3.05, 3.63) is 206 Å². The summed E-state index contributed by atoms with van der Waals surface area (Å²) in [6, 6.07) is 67.9. The van der Waals surface area contributed by atoms with Gasteiger partial charge >= 0.3 is 0 Å². The van der Waals surface area contributed by atoms with Crippen molar-refractivity contribution in [3.63, 3.8) is 0 Å². The Morgan fingerprint density at radius 3 is 0.647 bits per heavy atom. The van der Waals surface area contributed by atoms with Crippen LogP contribution in [0.25, 0.3) is 66.8 Å². The minimum Gasteiger partial charge on any atom is -0.218 e. The molecule has 0 atom stereocenters. The topological polar surface area (TPSA) is 34.1 Å². The molecule has 0 radical (unpaired) electrons. The van der Waals surface area contributed by atoms with Crippen LogP contribution in [0.2, 0.25) is 0 Å². The van der Waals surface area contributed by atoms with E-state index in [4.69, 9.17) is 0 Å². The van der Waals surface area contributed by atoms with Gasteiger partial charge in [0.05, 0.1) is 9.79 Å². The third-order valence-electron chi connectivity index (χ3n) is 9.27. The predicted molar refractivity (Wildman–Crippen MR) is 211 cm³/mol. The van der Waals surface area contributed by atoms with Crippen molar-refractivity contribution in [2.24, 2.45) is 0 Å². The summed E-state index contributed by atoms with van der Waals surface area (Å²) in [5, 5.41) is 0. The maximum atomic E-state index is 16.1. The fourth-order valence-corrected chi connectivity index (χ4v) is 8.93. The normalized spacial score (nSPS) is 11.3. The Hall–Kier alpha value is -6.29. The zero-order valence-electron chi connectivity index (χ0n) is 27.9. The highest BCUT2D eigenvalue weighted by atomic mass is 32.2. The van der Waals surface area contributed by atoms with Gasteiger partial charge in [0.1, 0.15) is 0 Å². The average Bonchev–Trinajstić information content (AvgIpc) is 3.22.